The fourth-order valence-electron chi connectivity index (χ4n) is 0.928. The Hall–Kier alpha value is 0.679. The molecular weight excluding hydrogens is 370 g/mol. The van der Waals surface area contributed by atoms with E-state index in [4.69, 9.17) is 23.2 Å². The summed E-state index contributed by atoms with van der Waals surface area (Å²) >= 11 is 14.3. The summed E-state index contributed by atoms with van der Waals surface area (Å²) in [6, 6.07) is 0. The van der Waals surface area contributed by atoms with Gasteiger partial charge in [-0.05, 0) is 0 Å². The summed E-state index contributed by atoms with van der Waals surface area (Å²) < 4.78 is 4.23. The van der Waals surface area contributed by atoms with E-state index in [1.807, 2.05) is 0 Å². The number of fused-ring (bicyclic) bond motifs is 1. The molecule has 0 N–H and O–H groups in total. The second-order valence-electron chi connectivity index (χ2n) is 2.14. The molecule has 0 fully saturated rings. The average Bonchev–Trinajstić information content (AvgIpc) is 2.31. The van der Waals surface area contributed by atoms with Crippen molar-refractivity contribution >= 4 is 68.5 Å². The number of nitrogens with zero attached hydrogens (tertiary/aromatic N) is 2. The predicted octanol–water partition coefficient (Wildman–Crippen LogP) is 1.82. The van der Waals surface area contributed by atoms with Gasteiger partial charge in [0.25, 0.3) is 0 Å². The molecule has 0 aromatic carbocycles. The Kier molecular flexibility index (Phi) is 2.65. The molecule has 0 unspecified atom stereocenters. The number of hydrogen-bond acceptors (Lipinski definition) is 2. The zero-order chi connectivity index (χ0) is 8.72. The van der Waals surface area contributed by atoms with Gasteiger partial charge in [0.15, 0.2) is 0 Å². The van der Waals surface area contributed by atoms with Crippen LogP contribution in [0.15, 0.2) is 4.09 Å². The van der Waals surface area contributed by atoms with Gasteiger partial charge in [-0.25, -0.2) is 0 Å². The van der Waals surface area contributed by atoms with Crippen LogP contribution in [0.4, 0.5) is 0 Å². The van der Waals surface area contributed by atoms with E-state index in [1.54, 1.807) is 0 Å². The molecule has 0 amide bonds. The van der Waals surface area contributed by atoms with Crippen molar-refractivity contribution in [3.05, 3.63) is 20.1 Å². The first-order chi connectivity index (χ1) is 5.68. The number of halogens is 3. The van der Waals surface area contributed by atoms with Crippen molar-refractivity contribution in [2.45, 2.75) is 0 Å². The summed E-state index contributed by atoms with van der Waals surface area (Å²) in [4.78, 5) is 8.00. The molecule has 0 aliphatic carbocycles. The van der Waals surface area contributed by atoms with Crippen LogP contribution in [-0.2, 0) is 0 Å². The maximum atomic E-state index is 5.89. The second-order valence-corrected chi connectivity index (χ2v) is 6.69. The van der Waals surface area contributed by atoms with Crippen LogP contribution in [0, 0.1) is 0 Å². The van der Waals surface area contributed by atoms with E-state index in [1.165, 1.54) is 0 Å². The summed E-state index contributed by atoms with van der Waals surface area (Å²) in [7, 11) is 0. The topological polar surface area (TPSA) is 25.8 Å². The van der Waals surface area contributed by atoms with Gasteiger partial charge >= 0.3 is 98.5 Å². The van der Waals surface area contributed by atoms with Gasteiger partial charge in [0.05, 0.1) is 0 Å². The quantitative estimate of drug-likeness (QED) is 0.395. The molecule has 1 aliphatic heterocycles. The van der Waals surface area contributed by atoms with Crippen molar-refractivity contribution in [1.82, 2.24) is 9.97 Å². The SMILES string of the molecule is Clc1nc(Cl)c2[c](n1)[Sn][CH]=C2Br. The Labute approximate surface area is 97.7 Å². The van der Waals surface area contributed by atoms with Gasteiger partial charge in [-0.2, -0.15) is 0 Å². The molecule has 0 saturated heterocycles. The number of rotatable bonds is 0. The van der Waals surface area contributed by atoms with Gasteiger partial charge in [0, 0.05) is 0 Å². The Balaban J connectivity index is 2.67. The second kappa shape index (κ2) is 3.44. The molecule has 1 aliphatic rings. The third kappa shape index (κ3) is 1.52. The zero-order valence-corrected chi connectivity index (χ0v) is 11.6. The van der Waals surface area contributed by atoms with E-state index in [0.717, 1.165) is 13.8 Å². The Morgan fingerprint density at radius 3 is 2.83 bits per heavy atom. The normalized spacial score (nSPS) is 14.4. The molecule has 60 valence electrons. The van der Waals surface area contributed by atoms with E-state index >= 15 is 0 Å². The number of aromatic nitrogens is 2. The fourth-order valence-corrected chi connectivity index (χ4v) is 6.40. The van der Waals surface area contributed by atoms with Crippen LogP contribution < -0.4 is 3.71 Å². The molecule has 1 aromatic heterocycles. The Morgan fingerprint density at radius 1 is 1.33 bits per heavy atom. The zero-order valence-electron chi connectivity index (χ0n) is 5.61. The van der Waals surface area contributed by atoms with Crippen LogP contribution in [0.5, 0.6) is 0 Å². The van der Waals surface area contributed by atoms with Crippen molar-refractivity contribution in [3.8, 4) is 0 Å². The first-order valence-electron chi connectivity index (χ1n) is 3.04. The van der Waals surface area contributed by atoms with Gasteiger partial charge in [-0.15, -0.1) is 0 Å². The van der Waals surface area contributed by atoms with Crippen LogP contribution in [0.2, 0.25) is 10.4 Å². The molecule has 0 spiro atoms. The molecule has 2 radical (unpaired) electrons. The molecule has 1 aromatic rings. The van der Waals surface area contributed by atoms with E-state index in [-0.39, 0.29) is 5.28 Å². The van der Waals surface area contributed by atoms with Gasteiger partial charge in [0.1, 0.15) is 0 Å². The minimum atomic E-state index is -0.694. The fraction of sp³-hybridized carbons (Fsp3) is 0. The van der Waals surface area contributed by atoms with Crippen molar-refractivity contribution in [2.24, 2.45) is 0 Å². The van der Waals surface area contributed by atoms with Crippen LogP contribution >= 0.6 is 39.1 Å². The van der Waals surface area contributed by atoms with Crippen molar-refractivity contribution in [2.75, 3.05) is 0 Å². The maximum absolute atomic E-state index is 5.89. The minimum absolute atomic E-state index is 0.246. The molecule has 2 nitrogen and oxygen atoms in total. The van der Waals surface area contributed by atoms with Crippen LogP contribution in [0.3, 0.4) is 0 Å². The molecule has 0 saturated carbocycles. The van der Waals surface area contributed by atoms with Gasteiger partial charge in [-0.1, -0.05) is 0 Å². The van der Waals surface area contributed by atoms with Crippen molar-refractivity contribution in [1.29, 1.82) is 0 Å². The molecule has 0 bridgehead atoms. The van der Waals surface area contributed by atoms with Crippen molar-refractivity contribution < 1.29 is 0 Å². The number of hydrogen-bond donors (Lipinski definition) is 0. The summed E-state index contributed by atoms with van der Waals surface area (Å²) in [5, 5.41) is 0.696. The molecule has 2 rings (SSSR count). The predicted molar refractivity (Wildman–Crippen MR) is 54.3 cm³/mol. The summed E-state index contributed by atoms with van der Waals surface area (Å²) in [6.45, 7) is 0. The average molecular weight is 371 g/mol. The monoisotopic (exact) mass is 370 g/mol. The summed E-state index contributed by atoms with van der Waals surface area (Å²) in [5.41, 5.74) is 0.938. The van der Waals surface area contributed by atoms with E-state index in [9.17, 15) is 0 Å². The van der Waals surface area contributed by atoms with Gasteiger partial charge in [-0.3, -0.25) is 0 Å². The molecule has 0 atom stereocenters. The Bertz CT molecular complexity index is 380. The van der Waals surface area contributed by atoms with E-state index in [2.05, 4.69) is 30.0 Å². The summed E-state index contributed by atoms with van der Waals surface area (Å²) in [5.74, 6) is 0. The van der Waals surface area contributed by atoms with E-state index in [0.29, 0.717) is 5.15 Å². The third-order valence-electron chi connectivity index (χ3n) is 1.41. The first-order valence-corrected chi connectivity index (χ1v) is 7.66. The van der Waals surface area contributed by atoms with E-state index < -0.39 is 21.1 Å². The standard InChI is InChI=1S/C6HBrCl2N2.Sn/c1-3(7)4-2-10-6(9)11-5(4)8;/h1H;. The van der Waals surface area contributed by atoms with Crippen LogP contribution in [0.1, 0.15) is 5.56 Å². The molecule has 12 heavy (non-hydrogen) atoms. The molecule has 2 heterocycles. The molecular formula is C6HBrCl2N2Sn. The van der Waals surface area contributed by atoms with Crippen LogP contribution in [-0.4, -0.2) is 31.1 Å². The van der Waals surface area contributed by atoms with Crippen molar-refractivity contribution in [3.63, 3.8) is 0 Å². The third-order valence-corrected chi connectivity index (χ3v) is 6.74. The Morgan fingerprint density at radius 2 is 2.08 bits per heavy atom. The first kappa shape index (κ1) is 9.24. The van der Waals surface area contributed by atoms with Gasteiger partial charge < -0.3 is 0 Å². The van der Waals surface area contributed by atoms with Gasteiger partial charge in [0.2, 0.25) is 0 Å². The van der Waals surface area contributed by atoms with Crippen LogP contribution in [0.25, 0.3) is 4.48 Å². The molecule has 6 heteroatoms. The summed E-state index contributed by atoms with van der Waals surface area (Å²) in [6.07, 6.45) is 0.